The van der Waals surface area contributed by atoms with E-state index in [9.17, 15) is 9.50 Å². The number of halogens is 3. The Hall–Kier alpha value is -0.310. The lowest BCUT2D eigenvalue weighted by Gasteiger charge is -2.10. The standard InChI is InChI=1S/C9H9Cl2FO/c1-2-9(13)5-3-6(10)7(11)4-8(5)12/h3-4,9,13H,2H2,1H3. The van der Waals surface area contributed by atoms with Crippen molar-refractivity contribution in [3.8, 4) is 0 Å². The van der Waals surface area contributed by atoms with Gasteiger partial charge in [0.25, 0.3) is 0 Å². The molecular formula is C9H9Cl2FO. The number of rotatable bonds is 2. The van der Waals surface area contributed by atoms with Gasteiger partial charge in [-0.3, -0.25) is 0 Å². The fraction of sp³-hybridized carbons (Fsp3) is 0.333. The second kappa shape index (κ2) is 4.27. The van der Waals surface area contributed by atoms with Crippen molar-refractivity contribution in [1.82, 2.24) is 0 Å². The van der Waals surface area contributed by atoms with Crippen molar-refractivity contribution in [2.75, 3.05) is 0 Å². The molecule has 0 heterocycles. The van der Waals surface area contributed by atoms with Crippen LogP contribution in [0.25, 0.3) is 0 Å². The molecule has 1 N–H and O–H groups in total. The van der Waals surface area contributed by atoms with Crippen LogP contribution in [-0.4, -0.2) is 5.11 Å². The first kappa shape index (κ1) is 10.8. The maximum absolute atomic E-state index is 13.2. The second-order valence-electron chi connectivity index (χ2n) is 2.71. The Bertz CT molecular complexity index is 315. The molecule has 1 unspecified atom stereocenters. The first-order chi connectivity index (χ1) is 6.06. The average Bonchev–Trinajstić information content (AvgIpc) is 2.10. The van der Waals surface area contributed by atoms with Crippen LogP contribution in [0.5, 0.6) is 0 Å². The zero-order chi connectivity index (χ0) is 10.0. The molecular weight excluding hydrogens is 214 g/mol. The highest BCUT2D eigenvalue weighted by atomic mass is 35.5. The SMILES string of the molecule is CCC(O)c1cc(Cl)c(Cl)cc1F. The van der Waals surface area contributed by atoms with Crippen LogP contribution in [0, 0.1) is 5.82 Å². The third kappa shape index (κ3) is 2.33. The molecule has 0 fully saturated rings. The predicted octanol–water partition coefficient (Wildman–Crippen LogP) is 3.58. The van der Waals surface area contributed by atoms with Crippen LogP contribution < -0.4 is 0 Å². The van der Waals surface area contributed by atoms with Crippen molar-refractivity contribution >= 4 is 23.2 Å². The summed E-state index contributed by atoms with van der Waals surface area (Å²) < 4.78 is 13.2. The van der Waals surface area contributed by atoms with Crippen LogP contribution in [0.1, 0.15) is 25.0 Å². The van der Waals surface area contributed by atoms with E-state index in [0.29, 0.717) is 6.42 Å². The predicted molar refractivity (Wildman–Crippen MR) is 51.7 cm³/mol. The zero-order valence-corrected chi connectivity index (χ0v) is 8.53. The van der Waals surface area contributed by atoms with Gasteiger partial charge in [-0.1, -0.05) is 30.1 Å². The van der Waals surface area contributed by atoms with Gasteiger partial charge < -0.3 is 5.11 Å². The maximum Gasteiger partial charge on any atom is 0.130 e. The summed E-state index contributed by atoms with van der Waals surface area (Å²) in [5.74, 6) is -0.524. The highest BCUT2D eigenvalue weighted by Crippen LogP contribution is 2.29. The van der Waals surface area contributed by atoms with Crippen LogP contribution in [0.4, 0.5) is 4.39 Å². The molecule has 0 bridgehead atoms. The third-order valence-electron chi connectivity index (χ3n) is 1.79. The monoisotopic (exact) mass is 222 g/mol. The summed E-state index contributed by atoms with van der Waals surface area (Å²) in [6.45, 7) is 1.76. The molecule has 72 valence electrons. The first-order valence-electron chi connectivity index (χ1n) is 3.88. The van der Waals surface area contributed by atoms with E-state index in [-0.39, 0.29) is 15.6 Å². The highest BCUT2D eigenvalue weighted by molar-refractivity contribution is 6.42. The van der Waals surface area contributed by atoms with Crippen molar-refractivity contribution in [1.29, 1.82) is 0 Å². The molecule has 0 aliphatic rings. The van der Waals surface area contributed by atoms with Gasteiger partial charge in [0.15, 0.2) is 0 Å². The Balaban J connectivity index is 3.15. The van der Waals surface area contributed by atoms with Gasteiger partial charge in [-0.25, -0.2) is 4.39 Å². The molecule has 1 rings (SSSR count). The maximum atomic E-state index is 13.2. The Labute approximate surface area is 86.1 Å². The van der Waals surface area contributed by atoms with E-state index >= 15 is 0 Å². The molecule has 0 saturated heterocycles. The molecule has 0 spiro atoms. The quantitative estimate of drug-likeness (QED) is 0.759. The molecule has 1 aromatic carbocycles. The summed E-state index contributed by atoms with van der Waals surface area (Å²) in [5.41, 5.74) is 0.192. The van der Waals surface area contributed by atoms with Crippen LogP contribution in [0.15, 0.2) is 12.1 Å². The van der Waals surface area contributed by atoms with E-state index in [1.807, 2.05) is 0 Å². The van der Waals surface area contributed by atoms with E-state index in [2.05, 4.69) is 0 Å². The summed E-state index contributed by atoms with van der Waals surface area (Å²) in [6.07, 6.45) is -0.385. The molecule has 4 heteroatoms. The van der Waals surface area contributed by atoms with Crippen molar-refractivity contribution in [2.45, 2.75) is 19.4 Å². The lowest BCUT2D eigenvalue weighted by Crippen LogP contribution is -1.99. The fourth-order valence-electron chi connectivity index (χ4n) is 1.01. The summed E-state index contributed by atoms with van der Waals surface area (Å²) in [7, 11) is 0. The van der Waals surface area contributed by atoms with Crippen LogP contribution in [0.2, 0.25) is 10.0 Å². The molecule has 13 heavy (non-hydrogen) atoms. The lowest BCUT2D eigenvalue weighted by atomic mass is 10.1. The van der Waals surface area contributed by atoms with Crippen molar-refractivity contribution in [3.63, 3.8) is 0 Å². The molecule has 1 aromatic rings. The Morgan fingerprint density at radius 1 is 1.38 bits per heavy atom. The molecule has 1 atom stereocenters. The van der Waals surface area contributed by atoms with E-state index in [1.165, 1.54) is 6.07 Å². The van der Waals surface area contributed by atoms with Gasteiger partial charge in [-0.15, -0.1) is 0 Å². The summed E-state index contributed by atoms with van der Waals surface area (Å²) in [5, 5.41) is 9.80. The minimum absolute atomic E-state index is 0.159. The van der Waals surface area contributed by atoms with E-state index in [1.54, 1.807) is 6.92 Å². The molecule has 0 aliphatic carbocycles. The Kier molecular flexibility index (Phi) is 3.54. The minimum Gasteiger partial charge on any atom is -0.388 e. The van der Waals surface area contributed by atoms with Crippen molar-refractivity contribution < 1.29 is 9.50 Å². The molecule has 0 amide bonds. The molecule has 0 radical (unpaired) electrons. The molecule has 0 aliphatic heterocycles. The largest absolute Gasteiger partial charge is 0.388 e. The van der Waals surface area contributed by atoms with Gasteiger partial charge in [0.1, 0.15) is 5.82 Å². The van der Waals surface area contributed by atoms with E-state index in [4.69, 9.17) is 23.2 Å². The minimum atomic E-state index is -0.824. The lowest BCUT2D eigenvalue weighted by molar-refractivity contribution is 0.169. The zero-order valence-electron chi connectivity index (χ0n) is 7.02. The summed E-state index contributed by atoms with van der Waals surface area (Å²) >= 11 is 11.3. The van der Waals surface area contributed by atoms with Crippen LogP contribution >= 0.6 is 23.2 Å². The van der Waals surface area contributed by atoms with Crippen LogP contribution in [-0.2, 0) is 0 Å². The molecule has 0 saturated carbocycles. The summed E-state index contributed by atoms with van der Waals surface area (Å²) in [4.78, 5) is 0. The summed E-state index contributed by atoms with van der Waals surface area (Å²) in [6, 6.07) is 2.46. The van der Waals surface area contributed by atoms with Gasteiger partial charge in [-0.05, 0) is 18.6 Å². The average molecular weight is 223 g/mol. The Morgan fingerprint density at radius 3 is 2.46 bits per heavy atom. The number of hydrogen-bond donors (Lipinski definition) is 1. The van der Waals surface area contributed by atoms with Gasteiger partial charge in [0, 0.05) is 5.56 Å². The number of benzene rings is 1. The fourth-order valence-corrected chi connectivity index (χ4v) is 1.34. The van der Waals surface area contributed by atoms with Crippen molar-refractivity contribution in [3.05, 3.63) is 33.6 Å². The normalized spacial score (nSPS) is 13.0. The number of hydrogen-bond acceptors (Lipinski definition) is 1. The van der Waals surface area contributed by atoms with Crippen LogP contribution in [0.3, 0.4) is 0 Å². The highest BCUT2D eigenvalue weighted by Gasteiger charge is 2.13. The number of aliphatic hydroxyl groups excluding tert-OH is 1. The van der Waals surface area contributed by atoms with Crippen molar-refractivity contribution in [2.24, 2.45) is 0 Å². The third-order valence-corrected chi connectivity index (χ3v) is 2.51. The smallest absolute Gasteiger partial charge is 0.130 e. The molecule has 0 aromatic heterocycles. The van der Waals surface area contributed by atoms with Gasteiger partial charge >= 0.3 is 0 Å². The van der Waals surface area contributed by atoms with Gasteiger partial charge in [-0.2, -0.15) is 0 Å². The Morgan fingerprint density at radius 2 is 1.92 bits per heavy atom. The van der Waals surface area contributed by atoms with Gasteiger partial charge in [0.2, 0.25) is 0 Å². The van der Waals surface area contributed by atoms with E-state index < -0.39 is 11.9 Å². The second-order valence-corrected chi connectivity index (χ2v) is 3.53. The topological polar surface area (TPSA) is 20.2 Å². The molecule has 1 nitrogen and oxygen atoms in total. The van der Waals surface area contributed by atoms with E-state index in [0.717, 1.165) is 6.07 Å². The van der Waals surface area contributed by atoms with Gasteiger partial charge in [0.05, 0.1) is 16.1 Å². The first-order valence-corrected chi connectivity index (χ1v) is 4.64. The number of aliphatic hydroxyl groups is 1.